The first kappa shape index (κ1) is 11.8. The number of aldehydes is 1. The number of carbonyl (C=O) groups excluding carboxylic acids is 1. The molecule has 0 saturated heterocycles. The van der Waals surface area contributed by atoms with E-state index < -0.39 is 6.61 Å². The minimum Gasteiger partial charge on any atom is -0.487 e. The van der Waals surface area contributed by atoms with E-state index in [0.717, 1.165) is 19.3 Å². The van der Waals surface area contributed by atoms with E-state index in [2.05, 4.69) is 4.74 Å². The lowest BCUT2D eigenvalue weighted by atomic mass is 9.96. The van der Waals surface area contributed by atoms with Crippen LogP contribution in [0.1, 0.15) is 29.6 Å². The molecule has 0 spiro atoms. The molecule has 1 fully saturated rings. The number of rotatable bonds is 5. The van der Waals surface area contributed by atoms with Crippen molar-refractivity contribution >= 4 is 6.29 Å². The van der Waals surface area contributed by atoms with Crippen LogP contribution < -0.4 is 9.47 Å². The summed E-state index contributed by atoms with van der Waals surface area (Å²) >= 11 is 0. The van der Waals surface area contributed by atoms with E-state index >= 15 is 0 Å². The molecule has 17 heavy (non-hydrogen) atoms. The molecule has 0 aliphatic heterocycles. The minimum absolute atomic E-state index is 0.0301. The van der Waals surface area contributed by atoms with E-state index in [9.17, 15) is 13.6 Å². The van der Waals surface area contributed by atoms with Crippen molar-refractivity contribution in [2.24, 2.45) is 0 Å². The molecule has 1 aromatic rings. The van der Waals surface area contributed by atoms with Crippen LogP contribution in [0.2, 0.25) is 0 Å². The molecule has 5 heteroatoms. The van der Waals surface area contributed by atoms with Crippen LogP contribution in [0.25, 0.3) is 0 Å². The molecule has 1 aliphatic rings. The third-order valence-electron chi connectivity index (χ3n) is 2.67. The molecule has 0 radical (unpaired) electrons. The maximum atomic E-state index is 12.2. The molecule has 0 N–H and O–H groups in total. The fraction of sp³-hybridized carbons (Fsp3) is 0.417. The van der Waals surface area contributed by atoms with Crippen LogP contribution in [-0.4, -0.2) is 19.0 Å². The van der Waals surface area contributed by atoms with Gasteiger partial charge in [0.15, 0.2) is 11.5 Å². The molecule has 1 saturated carbocycles. The van der Waals surface area contributed by atoms with Crippen molar-refractivity contribution in [3.05, 3.63) is 23.8 Å². The summed E-state index contributed by atoms with van der Waals surface area (Å²) in [4.78, 5) is 10.6. The van der Waals surface area contributed by atoms with Gasteiger partial charge in [-0.2, -0.15) is 8.78 Å². The van der Waals surface area contributed by atoms with Crippen LogP contribution in [0.15, 0.2) is 18.2 Å². The molecule has 1 aromatic carbocycles. The molecular formula is C12H12F2O3. The van der Waals surface area contributed by atoms with Crippen LogP contribution in [-0.2, 0) is 0 Å². The Morgan fingerprint density at radius 2 is 2.06 bits per heavy atom. The zero-order chi connectivity index (χ0) is 12.3. The summed E-state index contributed by atoms with van der Waals surface area (Å²) < 4.78 is 34.2. The number of hydrogen-bond acceptors (Lipinski definition) is 3. The van der Waals surface area contributed by atoms with E-state index in [-0.39, 0.29) is 17.6 Å². The van der Waals surface area contributed by atoms with Crippen LogP contribution in [0.4, 0.5) is 8.78 Å². The smallest absolute Gasteiger partial charge is 0.387 e. The summed E-state index contributed by atoms with van der Waals surface area (Å²) in [5.41, 5.74) is 0.376. The number of alkyl halides is 2. The zero-order valence-corrected chi connectivity index (χ0v) is 9.07. The average Bonchev–Trinajstić information content (AvgIpc) is 2.24. The third-order valence-corrected chi connectivity index (χ3v) is 2.67. The third kappa shape index (κ3) is 2.93. The lowest BCUT2D eigenvalue weighted by Gasteiger charge is -2.27. The second-order valence-corrected chi connectivity index (χ2v) is 3.87. The van der Waals surface area contributed by atoms with Crippen molar-refractivity contribution in [1.29, 1.82) is 0 Å². The second-order valence-electron chi connectivity index (χ2n) is 3.87. The summed E-state index contributed by atoms with van der Waals surface area (Å²) in [6.07, 6.45) is 3.55. The first-order valence-electron chi connectivity index (χ1n) is 5.39. The van der Waals surface area contributed by atoms with Gasteiger partial charge in [0.25, 0.3) is 0 Å². The molecule has 0 atom stereocenters. The van der Waals surface area contributed by atoms with E-state index in [4.69, 9.17) is 4.74 Å². The van der Waals surface area contributed by atoms with Gasteiger partial charge in [-0.25, -0.2) is 0 Å². The Labute approximate surface area is 97.3 Å². The summed E-state index contributed by atoms with van der Waals surface area (Å²) in [5.74, 6) is 0.178. The summed E-state index contributed by atoms with van der Waals surface area (Å²) in [7, 11) is 0. The van der Waals surface area contributed by atoms with Crippen molar-refractivity contribution in [1.82, 2.24) is 0 Å². The van der Waals surface area contributed by atoms with Gasteiger partial charge in [-0.1, -0.05) is 0 Å². The van der Waals surface area contributed by atoms with Gasteiger partial charge in [0.1, 0.15) is 6.29 Å². The maximum Gasteiger partial charge on any atom is 0.387 e. The highest BCUT2D eigenvalue weighted by Gasteiger charge is 2.21. The van der Waals surface area contributed by atoms with Gasteiger partial charge < -0.3 is 9.47 Å². The van der Waals surface area contributed by atoms with Gasteiger partial charge in [0.2, 0.25) is 0 Å². The lowest BCUT2D eigenvalue weighted by molar-refractivity contribution is -0.0526. The molecule has 0 amide bonds. The van der Waals surface area contributed by atoms with Gasteiger partial charge in [-0.3, -0.25) is 4.79 Å². The quantitative estimate of drug-likeness (QED) is 0.744. The Balaban J connectivity index is 2.19. The molecule has 1 aliphatic carbocycles. The number of hydrogen-bond donors (Lipinski definition) is 0. The first-order chi connectivity index (χ1) is 8.19. The molecule has 0 unspecified atom stereocenters. The molecule has 2 rings (SSSR count). The Bertz CT molecular complexity index is 403. The Morgan fingerprint density at radius 3 is 2.59 bits per heavy atom. The van der Waals surface area contributed by atoms with Crippen molar-refractivity contribution in [2.75, 3.05) is 0 Å². The van der Waals surface area contributed by atoms with Crippen LogP contribution >= 0.6 is 0 Å². The van der Waals surface area contributed by atoms with Crippen molar-refractivity contribution < 1.29 is 23.0 Å². The number of ether oxygens (including phenoxy) is 2. The Hall–Kier alpha value is -1.65. The zero-order valence-electron chi connectivity index (χ0n) is 9.07. The SMILES string of the molecule is O=Cc1ccc(OC(F)F)c(OC2CCC2)c1. The van der Waals surface area contributed by atoms with Crippen molar-refractivity contribution in [3.8, 4) is 11.5 Å². The number of halogens is 2. The fourth-order valence-electron chi connectivity index (χ4n) is 1.55. The monoisotopic (exact) mass is 242 g/mol. The van der Waals surface area contributed by atoms with Crippen molar-refractivity contribution in [2.45, 2.75) is 32.0 Å². The standard InChI is InChI=1S/C12H12F2O3/c13-12(14)17-10-5-4-8(7-15)6-11(10)16-9-2-1-3-9/h4-7,9,12H,1-3H2. The van der Waals surface area contributed by atoms with Gasteiger partial charge >= 0.3 is 6.61 Å². The van der Waals surface area contributed by atoms with Gasteiger partial charge in [0.05, 0.1) is 6.10 Å². The van der Waals surface area contributed by atoms with E-state index in [1.807, 2.05) is 0 Å². The van der Waals surface area contributed by atoms with Gasteiger partial charge in [-0.05, 0) is 37.5 Å². The fourth-order valence-corrected chi connectivity index (χ4v) is 1.55. The Morgan fingerprint density at radius 1 is 1.29 bits per heavy atom. The maximum absolute atomic E-state index is 12.2. The highest BCUT2D eigenvalue weighted by atomic mass is 19.3. The topological polar surface area (TPSA) is 35.5 Å². The largest absolute Gasteiger partial charge is 0.487 e. The number of benzene rings is 1. The van der Waals surface area contributed by atoms with Crippen LogP contribution in [0, 0.1) is 0 Å². The second kappa shape index (κ2) is 5.12. The molecule has 0 bridgehead atoms. The van der Waals surface area contributed by atoms with Crippen LogP contribution in [0.3, 0.4) is 0 Å². The molecule has 0 heterocycles. The lowest BCUT2D eigenvalue weighted by Crippen LogP contribution is -2.25. The normalized spacial score (nSPS) is 15.5. The summed E-state index contributed by atoms with van der Waals surface area (Å²) in [6.45, 7) is -2.90. The predicted octanol–water partition coefficient (Wildman–Crippen LogP) is 3.03. The number of carbonyl (C=O) groups is 1. The van der Waals surface area contributed by atoms with Crippen molar-refractivity contribution in [3.63, 3.8) is 0 Å². The minimum atomic E-state index is -2.90. The molecule has 3 nitrogen and oxygen atoms in total. The van der Waals surface area contributed by atoms with Gasteiger partial charge in [0, 0.05) is 5.56 Å². The van der Waals surface area contributed by atoms with Gasteiger partial charge in [-0.15, -0.1) is 0 Å². The average molecular weight is 242 g/mol. The van der Waals surface area contributed by atoms with E-state index in [0.29, 0.717) is 11.8 Å². The summed E-state index contributed by atoms with van der Waals surface area (Å²) in [6, 6.07) is 4.16. The summed E-state index contributed by atoms with van der Waals surface area (Å²) in [5, 5.41) is 0. The molecule has 0 aromatic heterocycles. The highest BCUT2D eigenvalue weighted by molar-refractivity contribution is 5.76. The van der Waals surface area contributed by atoms with E-state index in [1.54, 1.807) is 0 Å². The highest BCUT2D eigenvalue weighted by Crippen LogP contribution is 2.33. The van der Waals surface area contributed by atoms with E-state index in [1.165, 1.54) is 18.2 Å². The molecular weight excluding hydrogens is 230 g/mol. The van der Waals surface area contributed by atoms with Crippen LogP contribution in [0.5, 0.6) is 11.5 Å². The first-order valence-corrected chi connectivity index (χ1v) is 5.39. The predicted molar refractivity (Wildman–Crippen MR) is 56.7 cm³/mol. The molecule has 92 valence electrons. The Kier molecular flexibility index (Phi) is 3.56.